The molecular formula is C19H24N3O2S+. The van der Waals surface area contributed by atoms with E-state index in [0.717, 1.165) is 11.4 Å². The Hall–Kier alpha value is -2.31. The summed E-state index contributed by atoms with van der Waals surface area (Å²) in [5.41, 5.74) is 7.48. The zero-order chi connectivity index (χ0) is 18.4. The highest BCUT2D eigenvalue weighted by Gasteiger charge is 2.22. The number of nitrogens with two attached hydrogens (primary N) is 1. The smallest absolute Gasteiger partial charge is 0.282 e. The summed E-state index contributed by atoms with van der Waals surface area (Å²) in [5, 5.41) is 2.88. The van der Waals surface area contributed by atoms with Crippen LogP contribution in [0.25, 0.3) is 0 Å². The van der Waals surface area contributed by atoms with Crippen LogP contribution < -0.4 is 16.0 Å². The van der Waals surface area contributed by atoms with Gasteiger partial charge in [-0.2, -0.15) is 0 Å². The van der Waals surface area contributed by atoms with Gasteiger partial charge in [-0.25, -0.2) is 0 Å². The molecule has 0 aliphatic heterocycles. The first-order valence-electron chi connectivity index (χ1n) is 8.06. The number of primary amides is 1. The molecule has 132 valence electrons. The van der Waals surface area contributed by atoms with Crippen molar-refractivity contribution in [1.82, 2.24) is 0 Å². The van der Waals surface area contributed by atoms with Crippen molar-refractivity contribution < 1.29 is 14.5 Å². The second-order valence-electron chi connectivity index (χ2n) is 6.02. The molecular weight excluding hydrogens is 334 g/mol. The van der Waals surface area contributed by atoms with Crippen molar-refractivity contribution in [3.8, 4) is 0 Å². The van der Waals surface area contributed by atoms with E-state index in [4.69, 9.17) is 5.73 Å². The number of quaternary nitrogens is 1. The minimum atomic E-state index is -0.483. The van der Waals surface area contributed by atoms with Gasteiger partial charge >= 0.3 is 0 Å². The third kappa shape index (κ3) is 5.34. The maximum Gasteiger partial charge on any atom is 0.282 e. The van der Waals surface area contributed by atoms with Crippen molar-refractivity contribution >= 4 is 29.3 Å². The standard InChI is InChI=1S/C19H23N3O2S/c1-13(22(2)12-14-4-10-17(25-3)11-5-14)19(24)21-16-8-6-15(7-9-16)18(20)23/h4-11,13H,12H2,1-3H3,(H2,20,23)(H,21,24)/p+1/t13-/m0/s1. The molecule has 2 aromatic rings. The Kier molecular flexibility index (Phi) is 6.61. The van der Waals surface area contributed by atoms with E-state index in [2.05, 4.69) is 35.8 Å². The Morgan fingerprint density at radius 3 is 2.24 bits per heavy atom. The summed E-state index contributed by atoms with van der Waals surface area (Å²) in [6, 6.07) is 14.7. The van der Waals surface area contributed by atoms with Crippen LogP contribution in [0, 0.1) is 0 Å². The number of rotatable bonds is 7. The summed E-state index contributed by atoms with van der Waals surface area (Å²) in [6.07, 6.45) is 2.05. The number of likely N-dealkylation sites (N-methyl/N-ethyl adjacent to an activating group) is 1. The van der Waals surface area contributed by atoms with Crippen LogP contribution in [0.2, 0.25) is 0 Å². The lowest BCUT2D eigenvalue weighted by molar-refractivity contribution is -0.907. The molecule has 25 heavy (non-hydrogen) atoms. The summed E-state index contributed by atoms with van der Waals surface area (Å²) in [4.78, 5) is 25.8. The van der Waals surface area contributed by atoms with Crippen LogP contribution >= 0.6 is 11.8 Å². The number of thioether (sulfide) groups is 1. The van der Waals surface area contributed by atoms with E-state index in [0.29, 0.717) is 11.3 Å². The SMILES string of the molecule is CSc1ccc(C[NH+](C)[C@@H](C)C(=O)Nc2ccc(C(N)=O)cc2)cc1. The Morgan fingerprint density at radius 1 is 1.12 bits per heavy atom. The molecule has 0 aromatic heterocycles. The Bertz CT molecular complexity index is 729. The maximum absolute atomic E-state index is 12.4. The molecule has 5 nitrogen and oxygen atoms in total. The van der Waals surface area contributed by atoms with Crippen LogP contribution in [-0.2, 0) is 11.3 Å². The quantitative estimate of drug-likeness (QED) is 0.657. The summed E-state index contributed by atoms with van der Waals surface area (Å²) in [6.45, 7) is 2.67. The molecule has 0 radical (unpaired) electrons. The lowest BCUT2D eigenvalue weighted by Crippen LogP contribution is -3.12. The molecule has 2 atom stereocenters. The number of amides is 2. The number of nitrogens with one attached hydrogen (secondary N) is 2. The first-order chi connectivity index (χ1) is 11.9. The number of hydrogen-bond acceptors (Lipinski definition) is 3. The van der Waals surface area contributed by atoms with E-state index < -0.39 is 5.91 Å². The molecule has 2 amide bonds. The van der Waals surface area contributed by atoms with Crippen molar-refractivity contribution in [2.45, 2.75) is 24.4 Å². The monoisotopic (exact) mass is 358 g/mol. The van der Waals surface area contributed by atoms with E-state index in [1.807, 2.05) is 14.0 Å². The molecule has 2 rings (SSSR count). The molecule has 0 heterocycles. The summed E-state index contributed by atoms with van der Waals surface area (Å²) >= 11 is 1.71. The van der Waals surface area contributed by atoms with Crippen molar-refractivity contribution in [2.75, 3.05) is 18.6 Å². The van der Waals surface area contributed by atoms with Crippen molar-refractivity contribution in [3.05, 3.63) is 59.7 Å². The van der Waals surface area contributed by atoms with E-state index in [9.17, 15) is 9.59 Å². The van der Waals surface area contributed by atoms with Crippen LogP contribution in [0.3, 0.4) is 0 Å². The fourth-order valence-electron chi connectivity index (χ4n) is 2.41. The zero-order valence-electron chi connectivity index (χ0n) is 14.7. The van der Waals surface area contributed by atoms with Crippen LogP contribution in [0.1, 0.15) is 22.8 Å². The van der Waals surface area contributed by atoms with Gasteiger partial charge < -0.3 is 16.0 Å². The average molecular weight is 358 g/mol. The second-order valence-corrected chi connectivity index (χ2v) is 6.90. The minimum Gasteiger partial charge on any atom is -0.366 e. The van der Waals surface area contributed by atoms with Gasteiger partial charge in [-0.3, -0.25) is 9.59 Å². The van der Waals surface area contributed by atoms with E-state index in [1.165, 1.54) is 10.5 Å². The predicted octanol–water partition coefficient (Wildman–Crippen LogP) is 1.55. The third-order valence-electron chi connectivity index (χ3n) is 4.21. The normalized spacial score (nSPS) is 13.1. The molecule has 4 N–H and O–H groups in total. The van der Waals surface area contributed by atoms with Gasteiger partial charge in [0.15, 0.2) is 6.04 Å². The fourth-order valence-corrected chi connectivity index (χ4v) is 2.82. The van der Waals surface area contributed by atoms with Gasteiger partial charge in [0, 0.05) is 21.7 Å². The summed E-state index contributed by atoms with van der Waals surface area (Å²) in [5.74, 6) is -0.548. The van der Waals surface area contributed by atoms with Gasteiger partial charge in [-0.1, -0.05) is 12.1 Å². The van der Waals surface area contributed by atoms with Crippen LogP contribution in [0.15, 0.2) is 53.4 Å². The Balaban J connectivity index is 1.94. The van der Waals surface area contributed by atoms with Gasteiger partial charge in [0.25, 0.3) is 5.91 Å². The predicted molar refractivity (Wildman–Crippen MR) is 102 cm³/mol. The van der Waals surface area contributed by atoms with Crippen molar-refractivity contribution in [2.24, 2.45) is 5.73 Å². The topological polar surface area (TPSA) is 76.6 Å². The first-order valence-corrected chi connectivity index (χ1v) is 9.29. The van der Waals surface area contributed by atoms with Gasteiger partial charge in [0.1, 0.15) is 6.54 Å². The van der Waals surface area contributed by atoms with Crippen molar-refractivity contribution in [3.63, 3.8) is 0 Å². The Morgan fingerprint density at radius 2 is 1.72 bits per heavy atom. The molecule has 0 saturated heterocycles. The fraction of sp³-hybridized carbons (Fsp3) is 0.263. The number of hydrogen-bond donors (Lipinski definition) is 3. The zero-order valence-corrected chi connectivity index (χ0v) is 15.5. The average Bonchev–Trinajstić information content (AvgIpc) is 2.62. The maximum atomic E-state index is 12.4. The van der Waals surface area contributed by atoms with Gasteiger partial charge in [0.2, 0.25) is 5.91 Å². The highest BCUT2D eigenvalue weighted by atomic mass is 32.2. The first kappa shape index (κ1) is 19.0. The third-order valence-corrected chi connectivity index (χ3v) is 4.96. The molecule has 0 aliphatic rings. The highest BCUT2D eigenvalue weighted by Crippen LogP contribution is 2.14. The number of carbonyl (C=O) groups excluding carboxylic acids is 2. The Labute approximate surface area is 152 Å². The lowest BCUT2D eigenvalue weighted by atomic mass is 10.1. The molecule has 2 aromatic carbocycles. The molecule has 1 unspecified atom stereocenters. The molecule has 0 bridgehead atoms. The van der Waals surface area contributed by atoms with E-state index >= 15 is 0 Å². The lowest BCUT2D eigenvalue weighted by Gasteiger charge is -2.21. The van der Waals surface area contributed by atoms with Gasteiger partial charge in [-0.05, 0) is 49.6 Å². The molecule has 0 aliphatic carbocycles. The summed E-state index contributed by atoms with van der Waals surface area (Å²) < 4.78 is 0. The highest BCUT2D eigenvalue weighted by molar-refractivity contribution is 7.98. The largest absolute Gasteiger partial charge is 0.366 e. The second kappa shape index (κ2) is 8.69. The number of carbonyl (C=O) groups is 2. The molecule has 0 fully saturated rings. The van der Waals surface area contributed by atoms with Gasteiger partial charge in [0.05, 0.1) is 7.05 Å². The molecule has 6 heteroatoms. The summed E-state index contributed by atoms with van der Waals surface area (Å²) in [7, 11) is 2.00. The molecule has 0 saturated carbocycles. The molecule has 0 spiro atoms. The van der Waals surface area contributed by atoms with E-state index in [1.54, 1.807) is 36.0 Å². The van der Waals surface area contributed by atoms with Crippen LogP contribution in [0.5, 0.6) is 0 Å². The van der Waals surface area contributed by atoms with Crippen molar-refractivity contribution in [1.29, 1.82) is 0 Å². The number of anilines is 1. The van der Waals surface area contributed by atoms with Crippen LogP contribution in [0.4, 0.5) is 5.69 Å². The minimum absolute atomic E-state index is 0.0648. The number of benzene rings is 2. The van der Waals surface area contributed by atoms with Gasteiger partial charge in [-0.15, -0.1) is 11.8 Å². The van der Waals surface area contributed by atoms with Crippen LogP contribution in [-0.4, -0.2) is 31.2 Å². The van der Waals surface area contributed by atoms with E-state index in [-0.39, 0.29) is 11.9 Å².